The fourth-order valence-electron chi connectivity index (χ4n) is 11.2. The summed E-state index contributed by atoms with van der Waals surface area (Å²) in [5.74, 6) is 1.87. The highest BCUT2D eigenvalue weighted by Gasteiger charge is 2.33. The Bertz CT molecular complexity index is 4360. The SMILES string of the molecule is CC1(c2cccc(-c3ccccc3-c3cc4ccccc4c4c3sc3ccccc34)c2)C=C(c2ccccc2)C=C(c2nc(-c3ccccc3)nc(-c3cccc4oc5ccc(-c6ccccc6)cc5c34)n2)C1. The number of nitrogens with zero attached hydrogens (tertiary/aromatic N) is 3. The summed E-state index contributed by atoms with van der Waals surface area (Å²) in [6.07, 6.45) is 5.41. The van der Waals surface area contributed by atoms with Crippen molar-refractivity contribution in [3.63, 3.8) is 0 Å². The summed E-state index contributed by atoms with van der Waals surface area (Å²) in [4.78, 5) is 16.1. The van der Waals surface area contributed by atoms with Gasteiger partial charge in [0.15, 0.2) is 17.5 Å². The molecule has 5 heteroatoms. The van der Waals surface area contributed by atoms with Gasteiger partial charge in [-0.3, -0.25) is 0 Å². The van der Waals surface area contributed by atoms with Gasteiger partial charge in [-0.2, -0.15) is 0 Å². The van der Waals surface area contributed by atoms with Gasteiger partial charge < -0.3 is 4.42 Å². The van der Waals surface area contributed by atoms with Crippen LogP contribution in [-0.4, -0.2) is 15.0 Å². The lowest BCUT2D eigenvalue weighted by atomic mass is 9.71. The molecule has 14 rings (SSSR count). The maximum atomic E-state index is 6.54. The van der Waals surface area contributed by atoms with E-state index in [0.29, 0.717) is 23.9 Å². The average Bonchev–Trinajstić information content (AvgIpc) is 4.05. The molecule has 3 heterocycles. The minimum atomic E-state index is -0.448. The second-order valence-corrected chi connectivity index (χ2v) is 20.4. The van der Waals surface area contributed by atoms with Crippen molar-refractivity contribution in [2.24, 2.45) is 0 Å². The molecule has 1 aliphatic carbocycles. The van der Waals surface area contributed by atoms with Crippen LogP contribution in [0.3, 0.4) is 0 Å². The first-order valence-corrected chi connectivity index (χ1v) is 25.7. The zero-order valence-corrected chi connectivity index (χ0v) is 40.8. The van der Waals surface area contributed by atoms with E-state index in [4.69, 9.17) is 19.4 Å². The first kappa shape index (κ1) is 42.8. The highest BCUT2D eigenvalue weighted by atomic mass is 32.1. The summed E-state index contributed by atoms with van der Waals surface area (Å²) in [6, 6.07) is 82.2. The van der Waals surface area contributed by atoms with Crippen molar-refractivity contribution in [3.05, 3.63) is 260 Å². The van der Waals surface area contributed by atoms with E-state index in [1.807, 2.05) is 47.7 Å². The van der Waals surface area contributed by atoms with E-state index in [1.54, 1.807) is 0 Å². The van der Waals surface area contributed by atoms with Crippen molar-refractivity contribution in [3.8, 4) is 56.2 Å². The Morgan fingerprint density at radius 2 is 1.07 bits per heavy atom. The number of furan rings is 1. The van der Waals surface area contributed by atoms with Crippen molar-refractivity contribution in [1.29, 1.82) is 0 Å². The molecule has 0 amide bonds. The molecule has 1 atom stereocenters. The fraction of sp³-hybridized carbons (Fsp3) is 0.0441. The molecule has 10 aromatic carbocycles. The Morgan fingerprint density at radius 3 is 1.89 bits per heavy atom. The molecule has 0 N–H and O–H groups in total. The lowest BCUT2D eigenvalue weighted by Gasteiger charge is -2.33. The largest absolute Gasteiger partial charge is 0.456 e. The third kappa shape index (κ3) is 7.47. The van der Waals surface area contributed by atoms with Crippen LogP contribution in [0.4, 0.5) is 0 Å². The van der Waals surface area contributed by atoms with Crippen LogP contribution in [-0.2, 0) is 5.41 Å². The second-order valence-electron chi connectivity index (χ2n) is 19.3. The summed E-state index contributed by atoms with van der Waals surface area (Å²) in [5.41, 5.74) is 14.6. The topological polar surface area (TPSA) is 51.8 Å². The number of benzene rings is 10. The highest BCUT2D eigenvalue weighted by molar-refractivity contribution is 7.26. The minimum Gasteiger partial charge on any atom is -0.456 e. The first-order valence-electron chi connectivity index (χ1n) is 24.9. The molecule has 3 aromatic heterocycles. The Kier molecular flexibility index (Phi) is 10.2. The van der Waals surface area contributed by atoms with Crippen LogP contribution in [0.5, 0.6) is 0 Å². The molecule has 4 nitrogen and oxygen atoms in total. The molecule has 0 radical (unpaired) electrons. The number of aromatic nitrogens is 3. The van der Waals surface area contributed by atoms with Gasteiger partial charge in [-0.15, -0.1) is 11.3 Å². The maximum Gasteiger partial charge on any atom is 0.164 e. The smallest absolute Gasteiger partial charge is 0.164 e. The summed E-state index contributed by atoms with van der Waals surface area (Å²) < 4.78 is 9.15. The maximum absolute atomic E-state index is 6.54. The van der Waals surface area contributed by atoms with Crippen LogP contribution in [0, 0.1) is 0 Å². The normalized spacial score (nSPS) is 14.8. The monoisotopic (exact) mass is 951 g/mol. The lowest BCUT2D eigenvalue weighted by Crippen LogP contribution is -2.23. The van der Waals surface area contributed by atoms with E-state index in [-0.39, 0.29) is 0 Å². The molecular formula is C68H45N3OS. The van der Waals surface area contributed by atoms with Crippen molar-refractivity contribution in [2.75, 3.05) is 0 Å². The Morgan fingerprint density at radius 1 is 0.425 bits per heavy atom. The minimum absolute atomic E-state index is 0.448. The van der Waals surface area contributed by atoms with Gasteiger partial charge in [-0.05, 0) is 104 Å². The van der Waals surface area contributed by atoms with Gasteiger partial charge in [0.05, 0.1) is 0 Å². The molecule has 0 bridgehead atoms. The number of hydrogen-bond acceptors (Lipinski definition) is 5. The molecule has 0 fully saturated rings. The molecule has 0 saturated carbocycles. The highest BCUT2D eigenvalue weighted by Crippen LogP contribution is 2.48. The van der Waals surface area contributed by atoms with Gasteiger partial charge in [0, 0.05) is 53.1 Å². The van der Waals surface area contributed by atoms with Crippen molar-refractivity contribution in [2.45, 2.75) is 18.8 Å². The quantitative estimate of drug-likeness (QED) is 0.152. The van der Waals surface area contributed by atoms with Gasteiger partial charge in [0.25, 0.3) is 0 Å². The Labute approximate surface area is 427 Å². The van der Waals surface area contributed by atoms with Gasteiger partial charge in [0.2, 0.25) is 0 Å². The van der Waals surface area contributed by atoms with Gasteiger partial charge in [-0.25, -0.2) is 15.0 Å². The summed E-state index contributed by atoms with van der Waals surface area (Å²) >= 11 is 1.89. The van der Waals surface area contributed by atoms with Crippen LogP contribution in [0.15, 0.2) is 247 Å². The van der Waals surface area contributed by atoms with E-state index < -0.39 is 5.41 Å². The standard InChI is InChI=1S/C68H45N3OS/c1-68(51-27-17-26-47(38-51)52-28-13-14-30-54(52)57-40-48-25-11-12-29-53(48)63-55-31-15-16-34-61(55)73-64(57)63)41-49(44-21-7-3-8-22-44)37-50(42-68)66-69-65(45-23-9-4-10-24-45)70-67(71-66)56-32-18-33-60-62(56)58-39-46(35-36-59(58)72-60)43-19-5-2-6-20-43/h2-41H,42H2,1H3. The summed E-state index contributed by atoms with van der Waals surface area (Å²) in [6.45, 7) is 2.36. The predicted octanol–water partition coefficient (Wildman–Crippen LogP) is 18.5. The molecule has 13 aromatic rings. The van der Waals surface area contributed by atoms with Crippen molar-refractivity contribution in [1.82, 2.24) is 15.0 Å². The van der Waals surface area contributed by atoms with Crippen LogP contribution >= 0.6 is 11.3 Å². The van der Waals surface area contributed by atoms with Crippen LogP contribution in [0.1, 0.15) is 30.3 Å². The van der Waals surface area contributed by atoms with E-state index in [9.17, 15) is 0 Å². The molecule has 0 aliphatic heterocycles. The molecule has 1 unspecified atom stereocenters. The van der Waals surface area contributed by atoms with Crippen LogP contribution in [0.25, 0.3) is 120 Å². The molecule has 73 heavy (non-hydrogen) atoms. The number of fused-ring (bicyclic) bond motifs is 8. The third-order valence-corrected chi connectivity index (χ3v) is 15.9. The summed E-state index contributed by atoms with van der Waals surface area (Å²) in [5, 5.41) is 7.17. The summed E-state index contributed by atoms with van der Waals surface area (Å²) in [7, 11) is 0. The number of hydrogen-bond donors (Lipinski definition) is 0. The van der Waals surface area contributed by atoms with E-state index >= 15 is 0 Å². The number of thiophene rings is 1. The van der Waals surface area contributed by atoms with Gasteiger partial charge in [-0.1, -0.05) is 213 Å². The molecule has 1 aliphatic rings. The zero-order valence-electron chi connectivity index (χ0n) is 40.0. The fourth-order valence-corrected chi connectivity index (χ4v) is 12.4. The predicted molar refractivity (Wildman–Crippen MR) is 305 cm³/mol. The van der Waals surface area contributed by atoms with Crippen molar-refractivity contribution < 1.29 is 4.42 Å². The van der Waals surface area contributed by atoms with E-state index in [1.165, 1.54) is 58.8 Å². The molecule has 344 valence electrons. The second kappa shape index (κ2) is 17.4. The molecule has 0 spiro atoms. The first-order chi connectivity index (χ1) is 36.0. The number of rotatable bonds is 8. The van der Waals surface area contributed by atoms with Crippen molar-refractivity contribution >= 4 is 75.4 Å². The third-order valence-electron chi connectivity index (χ3n) is 14.7. The lowest BCUT2D eigenvalue weighted by molar-refractivity contribution is 0.609. The van der Waals surface area contributed by atoms with Gasteiger partial charge >= 0.3 is 0 Å². The Balaban J connectivity index is 0.919. The number of allylic oxidation sites excluding steroid dienone is 4. The van der Waals surface area contributed by atoms with Crippen LogP contribution < -0.4 is 0 Å². The molecular weight excluding hydrogens is 907 g/mol. The van der Waals surface area contributed by atoms with Crippen LogP contribution in [0.2, 0.25) is 0 Å². The zero-order chi connectivity index (χ0) is 48.5. The Hall–Kier alpha value is -9.03. The molecule has 0 saturated heterocycles. The van der Waals surface area contributed by atoms with Gasteiger partial charge in [0.1, 0.15) is 11.2 Å². The van der Waals surface area contributed by atoms with E-state index in [0.717, 1.165) is 60.9 Å². The van der Waals surface area contributed by atoms with E-state index in [2.05, 4.69) is 213 Å². The average molecular weight is 952 g/mol.